The molecule has 3 nitrogen and oxygen atoms in total. The van der Waals surface area contributed by atoms with Gasteiger partial charge in [0.25, 0.3) is 0 Å². The monoisotopic (exact) mass is 210 g/mol. The molecule has 0 radical (unpaired) electrons. The first kappa shape index (κ1) is 10.8. The Morgan fingerprint density at radius 2 is 1.93 bits per heavy atom. The molecule has 0 aromatic carbocycles. The summed E-state index contributed by atoms with van der Waals surface area (Å²) in [6.07, 6.45) is 1.08. The molecule has 0 aromatic heterocycles. The van der Waals surface area contributed by atoms with Crippen LogP contribution < -0.4 is 5.32 Å². The molecule has 0 unspecified atom stereocenters. The summed E-state index contributed by atoms with van der Waals surface area (Å²) in [5.74, 6) is 0.647. The lowest BCUT2D eigenvalue weighted by Gasteiger charge is -2.28. The van der Waals surface area contributed by atoms with Crippen molar-refractivity contribution in [3.8, 4) is 0 Å². The summed E-state index contributed by atoms with van der Waals surface area (Å²) in [5, 5.41) is 2.91. The highest BCUT2D eigenvalue weighted by Crippen LogP contribution is 2.68. The average Bonchev–Trinajstić information content (AvgIpc) is 2.51. The molecule has 0 spiro atoms. The van der Waals surface area contributed by atoms with Gasteiger partial charge in [-0.15, -0.1) is 0 Å². The number of hydrogen-bond acceptors (Lipinski definition) is 1. The molecule has 0 atom stereocenters. The Kier molecular flexibility index (Phi) is 2.25. The lowest BCUT2D eigenvalue weighted by molar-refractivity contribution is 0.179. The number of carbonyl (C=O) groups excluding carboxylic acids is 1. The summed E-state index contributed by atoms with van der Waals surface area (Å²) in [6, 6.07) is 0.125. The van der Waals surface area contributed by atoms with E-state index in [1.165, 1.54) is 0 Å². The number of nitrogens with zero attached hydrogens (tertiary/aromatic N) is 1. The van der Waals surface area contributed by atoms with Gasteiger partial charge in [-0.1, -0.05) is 27.7 Å². The summed E-state index contributed by atoms with van der Waals surface area (Å²) < 4.78 is 0. The molecule has 3 heteroatoms. The second-order valence-electron chi connectivity index (χ2n) is 6.03. The van der Waals surface area contributed by atoms with Crippen molar-refractivity contribution in [2.24, 2.45) is 16.7 Å². The van der Waals surface area contributed by atoms with E-state index in [9.17, 15) is 4.79 Å². The smallest absolute Gasteiger partial charge is 0.317 e. The molecule has 2 rings (SSSR count). The van der Waals surface area contributed by atoms with Crippen LogP contribution in [0, 0.1) is 16.7 Å². The van der Waals surface area contributed by atoms with E-state index in [2.05, 4.69) is 33.0 Å². The average molecular weight is 210 g/mol. The Balaban J connectivity index is 1.96. The molecule has 0 bridgehead atoms. The largest absolute Gasteiger partial charge is 0.338 e. The van der Waals surface area contributed by atoms with Crippen LogP contribution in [0.15, 0.2) is 0 Å². The molecule has 1 aliphatic heterocycles. The predicted octanol–water partition coefficient (Wildman–Crippen LogP) is 2.08. The zero-order chi connectivity index (χ0) is 11.3. The van der Waals surface area contributed by atoms with E-state index < -0.39 is 0 Å². The first-order valence-corrected chi connectivity index (χ1v) is 5.90. The predicted molar refractivity (Wildman–Crippen MR) is 60.6 cm³/mol. The molecular formula is C12H22N2O. The number of hydrogen-bond donors (Lipinski definition) is 1. The fraction of sp³-hybridized carbons (Fsp3) is 0.917. The van der Waals surface area contributed by atoms with E-state index in [-0.39, 0.29) is 6.03 Å². The third kappa shape index (κ3) is 1.52. The van der Waals surface area contributed by atoms with Crippen molar-refractivity contribution in [3.63, 3.8) is 0 Å². The topological polar surface area (TPSA) is 32.3 Å². The van der Waals surface area contributed by atoms with Gasteiger partial charge in [0.15, 0.2) is 0 Å². The van der Waals surface area contributed by atoms with Crippen molar-refractivity contribution in [3.05, 3.63) is 0 Å². The number of carbonyl (C=O) groups is 1. The molecule has 2 amide bonds. The molecule has 15 heavy (non-hydrogen) atoms. The van der Waals surface area contributed by atoms with Crippen LogP contribution in [0.5, 0.6) is 0 Å². The Morgan fingerprint density at radius 1 is 1.33 bits per heavy atom. The SMILES string of the molecule is CC1(C)C(CN2CCCNC2=O)C1(C)C. The second-order valence-corrected chi connectivity index (χ2v) is 6.03. The van der Waals surface area contributed by atoms with E-state index in [0.717, 1.165) is 26.1 Å². The molecule has 1 saturated carbocycles. The van der Waals surface area contributed by atoms with Crippen LogP contribution in [-0.4, -0.2) is 30.6 Å². The van der Waals surface area contributed by atoms with E-state index in [0.29, 0.717) is 16.7 Å². The van der Waals surface area contributed by atoms with Crippen molar-refractivity contribution in [1.29, 1.82) is 0 Å². The van der Waals surface area contributed by atoms with Gasteiger partial charge in [0.05, 0.1) is 0 Å². The van der Waals surface area contributed by atoms with Crippen molar-refractivity contribution < 1.29 is 4.79 Å². The zero-order valence-corrected chi connectivity index (χ0v) is 10.3. The maximum atomic E-state index is 11.6. The van der Waals surface area contributed by atoms with Crippen molar-refractivity contribution in [1.82, 2.24) is 10.2 Å². The molecule has 0 aromatic rings. The number of amides is 2. The van der Waals surface area contributed by atoms with E-state index >= 15 is 0 Å². The summed E-state index contributed by atoms with van der Waals surface area (Å²) in [7, 11) is 0. The first-order valence-electron chi connectivity index (χ1n) is 5.90. The molecule has 1 aliphatic carbocycles. The molecule has 1 heterocycles. The van der Waals surface area contributed by atoms with Crippen LogP contribution in [0.1, 0.15) is 34.1 Å². The number of rotatable bonds is 2. The highest BCUT2D eigenvalue weighted by Gasteiger charge is 2.64. The molecule has 1 N–H and O–H groups in total. The van der Waals surface area contributed by atoms with Crippen LogP contribution in [-0.2, 0) is 0 Å². The highest BCUT2D eigenvalue weighted by molar-refractivity contribution is 5.74. The fourth-order valence-corrected chi connectivity index (χ4v) is 2.86. The second kappa shape index (κ2) is 3.13. The van der Waals surface area contributed by atoms with Gasteiger partial charge >= 0.3 is 6.03 Å². The first-order chi connectivity index (χ1) is 6.87. The number of nitrogens with one attached hydrogen (secondary N) is 1. The minimum atomic E-state index is 0.125. The van der Waals surface area contributed by atoms with Crippen molar-refractivity contribution in [2.45, 2.75) is 34.1 Å². The maximum absolute atomic E-state index is 11.6. The van der Waals surface area contributed by atoms with E-state index in [1.54, 1.807) is 0 Å². The molecule has 86 valence electrons. The van der Waals surface area contributed by atoms with Crippen molar-refractivity contribution >= 4 is 6.03 Å². The Hall–Kier alpha value is -0.730. The van der Waals surface area contributed by atoms with Gasteiger partial charge in [0, 0.05) is 19.6 Å². The van der Waals surface area contributed by atoms with Gasteiger partial charge in [0.2, 0.25) is 0 Å². The Labute approximate surface area is 92.2 Å². The minimum absolute atomic E-state index is 0.125. The molecule has 1 saturated heterocycles. The standard InChI is InChI=1S/C12H22N2O/c1-11(2)9(12(11,3)4)8-14-7-5-6-13-10(14)15/h9H,5-8H2,1-4H3,(H,13,15). The lowest BCUT2D eigenvalue weighted by Crippen LogP contribution is -2.47. The third-order valence-electron chi connectivity index (χ3n) is 4.89. The van der Waals surface area contributed by atoms with Crippen molar-refractivity contribution in [2.75, 3.05) is 19.6 Å². The highest BCUT2D eigenvalue weighted by atomic mass is 16.2. The van der Waals surface area contributed by atoms with Gasteiger partial charge in [-0.25, -0.2) is 4.79 Å². The van der Waals surface area contributed by atoms with Gasteiger partial charge < -0.3 is 10.2 Å². The molecular weight excluding hydrogens is 188 g/mol. The normalized spacial score (nSPS) is 28.8. The third-order valence-corrected chi connectivity index (χ3v) is 4.89. The minimum Gasteiger partial charge on any atom is -0.338 e. The van der Waals surface area contributed by atoms with E-state index in [1.807, 2.05) is 4.90 Å². The Morgan fingerprint density at radius 3 is 2.40 bits per heavy atom. The lowest BCUT2D eigenvalue weighted by atomic mass is 10.0. The van der Waals surface area contributed by atoms with Crippen LogP contribution in [0.2, 0.25) is 0 Å². The fourth-order valence-electron chi connectivity index (χ4n) is 2.86. The molecule has 2 fully saturated rings. The zero-order valence-electron chi connectivity index (χ0n) is 10.3. The summed E-state index contributed by atoms with van der Waals surface area (Å²) in [5.41, 5.74) is 0.759. The van der Waals surface area contributed by atoms with Gasteiger partial charge in [-0.2, -0.15) is 0 Å². The van der Waals surface area contributed by atoms with Crippen LogP contribution in [0.4, 0.5) is 4.79 Å². The van der Waals surface area contributed by atoms with Gasteiger partial charge in [-0.3, -0.25) is 0 Å². The summed E-state index contributed by atoms with van der Waals surface area (Å²) in [6.45, 7) is 11.9. The summed E-state index contributed by atoms with van der Waals surface area (Å²) in [4.78, 5) is 13.6. The van der Waals surface area contributed by atoms with Gasteiger partial charge in [0.1, 0.15) is 0 Å². The quantitative estimate of drug-likeness (QED) is 0.743. The van der Waals surface area contributed by atoms with Crippen LogP contribution in [0.25, 0.3) is 0 Å². The van der Waals surface area contributed by atoms with Crippen LogP contribution in [0.3, 0.4) is 0 Å². The van der Waals surface area contributed by atoms with Crippen LogP contribution >= 0.6 is 0 Å². The molecule has 2 aliphatic rings. The number of urea groups is 1. The summed E-state index contributed by atoms with van der Waals surface area (Å²) >= 11 is 0. The van der Waals surface area contributed by atoms with Gasteiger partial charge in [-0.05, 0) is 23.2 Å². The Bertz CT molecular complexity index is 269. The maximum Gasteiger partial charge on any atom is 0.317 e. The van der Waals surface area contributed by atoms with E-state index in [4.69, 9.17) is 0 Å².